The van der Waals surface area contributed by atoms with Crippen LogP contribution in [0.5, 0.6) is 5.75 Å². The summed E-state index contributed by atoms with van der Waals surface area (Å²) in [4.78, 5) is 4.35. The van der Waals surface area contributed by atoms with Crippen molar-refractivity contribution < 1.29 is 9.84 Å². The molecule has 0 aliphatic heterocycles. The van der Waals surface area contributed by atoms with E-state index < -0.39 is 0 Å². The maximum atomic E-state index is 9.20. The summed E-state index contributed by atoms with van der Waals surface area (Å²) < 4.78 is 5.69. The minimum absolute atomic E-state index is 0.152. The third kappa shape index (κ3) is 6.76. The average Bonchev–Trinajstić information content (AvgIpc) is 2.40. The summed E-state index contributed by atoms with van der Waals surface area (Å²) in [6.07, 6.45) is 8.42. The minimum Gasteiger partial charge on any atom is -0.489 e. The number of ether oxygens (including phenoxy) is 1. The van der Waals surface area contributed by atoms with E-state index in [2.05, 4.69) is 31.8 Å². The van der Waals surface area contributed by atoms with Gasteiger partial charge >= 0.3 is 0 Å². The van der Waals surface area contributed by atoms with Crippen molar-refractivity contribution in [2.75, 3.05) is 0 Å². The van der Waals surface area contributed by atoms with Crippen molar-refractivity contribution in [2.24, 2.45) is 5.41 Å². The quantitative estimate of drug-likeness (QED) is 0.890. The fraction of sp³-hybridized carbons (Fsp3) is 0.611. The van der Waals surface area contributed by atoms with E-state index in [9.17, 15) is 5.11 Å². The van der Waals surface area contributed by atoms with Gasteiger partial charge < -0.3 is 9.84 Å². The van der Waals surface area contributed by atoms with E-state index in [0.717, 1.165) is 30.7 Å². The molecule has 1 aliphatic carbocycles. The molecule has 0 radical (unpaired) electrons. The molecule has 0 bridgehead atoms. The van der Waals surface area contributed by atoms with Gasteiger partial charge in [-0.05, 0) is 30.0 Å². The SMILES string of the molecule is CC.CC(C)(C)C/C=C/c1ccc(OC2CC(O)C2)cn1. The van der Waals surface area contributed by atoms with Gasteiger partial charge in [0, 0.05) is 12.8 Å². The highest BCUT2D eigenvalue weighted by Gasteiger charge is 2.28. The predicted octanol–water partition coefficient (Wildman–Crippen LogP) is 4.46. The highest BCUT2D eigenvalue weighted by atomic mass is 16.5. The zero-order chi connectivity index (χ0) is 15.9. The Bertz CT molecular complexity index is 426. The van der Waals surface area contributed by atoms with Gasteiger partial charge in [0.15, 0.2) is 0 Å². The molecule has 0 unspecified atom stereocenters. The summed E-state index contributed by atoms with van der Waals surface area (Å²) in [6, 6.07) is 3.90. The largest absolute Gasteiger partial charge is 0.489 e. The molecule has 21 heavy (non-hydrogen) atoms. The number of rotatable bonds is 4. The number of pyridine rings is 1. The Hall–Kier alpha value is -1.35. The van der Waals surface area contributed by atoms with E-state index in [1.54, 1.807) is 6.20 Å². The fourth-order valence-electron chi connectivity index (χ4n) is 1.92. The Kier molecular flexibility index (Phi) is 6.90. The van der Waals surface area contributed by atoms with Crippen LogP contribution in [0, 0.1) is 5.41 Å². The lowest BCUT2D eigenvalue weighted by Crippen LogP contribution is -2.37. The molecular weight excluding hydrogens is 262 g/mol. The minimum atomic E-state index is -0.183. The van der Waals surface area contributed by atoms with Gasteiger partial charge in [0.05, 0.1) is 18.0 Å². The molecule has 0 aromatic carbocycles. The van der Waals surface area contributed by atoms with E-state index >= 15 is 0 Å². The van der Waals surface area contributed by atoms with Gasteiger partial charge in [0.25, 0.3) is 0 Å². The number of allylic oxidation sites excluding steroid dienone is 1. The lowest BCUT2D eigenvalue weighted by Gasteiger charge is -2.31. The molecule has 1 N–H and O–H groups in total. The van der Waals surface area contributed by atoms with Gasteiger partial charge in [-0.15, -0.1) is 0 Å². The Labute approximate surface area is 129 Å². The number of aliphatic hydroxyl groups excluding tert-OH is 1. The number of aromatic nitrogens is 1. The maximum absolute atomic E-state index is 9.20. The molecule has 0 spiro atoms. The second-order valence-corrected chi connectivity index (χ2v) is 6.45. The number of hydrogen-bond donors (Lipinski definition) is 1. The molecule has 1 fully saturated rings. The van der Waals surface area contributed by atoms with Crippen LogP contribution in [0.15, 0.2) is 24.4 Å². The molecular formula is C18H29NO2. The molecule has 118 valence electrons. The van der Waals surface area contributed by atoms with Gasteiger partial charge in [-0.3, -0.25) is 4.98 Å². The fourth-order valence-corrected chi connectivity index (χ4v) is 1.92. The third-order valence-corrected chi connectivity index (χ3v) is 3.15. The first-order valence-electron chi connectivity index (χ1n) is 7.90. The van der Waals surface area contributed by atoms with Crippen LogP contribution in [0.4, 0.5) is 0 Å². The summed E-state index contributed by atoms with van der Waals surface area (Å²) in [6.45, 7) is 10.7. The summed E-state index contributed by atoms with van der Waals surface area (Å²) in [5.74, 6) is 0.782. The van der Waals surface area contributed by atoms with E-state index in [1.807, 2.05) is 32.1 Å². The zero-order valence-electron chi connectivity index (χ0n) is 14.0. The van der Waals surface area contributed by atoms with E-state index in [-0.39, 0.29) is 12.2 Å². The predicted molar refractivity (Wildman–Crippen MR) is 88.3 cm³/mol. The van der Waals surface area contributed by atoms with Gasteiger partial charge in [0.1, 0.15) is 11.9 Å². The lowest BCUT2D eigenvalue weighted by atomic mass is 9.92. The monoisotopic (exact) mass is 291 g/mol. The number of nitrogens with zero attached hydrogens (tertiary/aromatic N) is 1. The molecule has 0 atom stereocenters. The summed E-state index contributed by atoms with van der Waals surface area (Å²) in [5.41, 5.74) is 1.26. The van der Waals surface area contributed by atoms with Crippen LogP contribution in [0.1, 0.15) is 59.6 Å². The van der Waals surface area contributed by atoms with Crippen LogP contribution in [0.2, 0.25) is 0 Å². The second-order valence-electron chi connectivity index (χ2n) is 6.45. The van der Waals surface area contributed by atoms with Crippen LogP contribution in [0.25, 0.3) is 6.08 Å². The lowest BCUT2D eigenvalue weighted by molar-refractivity contribution is -0.0109. The topological polar surface area (TPSA) is 42.4 Å². The molecule has 0 amide bonds. The van der Waals surface area contributed by atoms with Crippen molar-refractivity contribution in [1.29, 1.82) is 0 Å². The van der Waals surface area contributed by atoms with Crippen LogP contribution in [-0.2, 0) is 0 Å². The van der Waals surface area contributed by atoms with Crippen molar-refractivity contribution in [3.63, 3.8) is 0 Å². The van der Waals surface area contributed by atoms with Crippen LogP contribution in [0.3, 0.4) is 0 Å². The highest BCUT2D eigenvalue weighted by Crippen LogP contribution is 2.25. The first kappa shape index (κ1) is 17.7. The van der Waals surface area contributed by atoms with Crippen molar-refractivity contribution in [2.45, 2.75) is 66.1 Å². The summed E-state index contributed by atoms with van der Waals surface area (Å²) >= 11 is 0. The van der Waals surface area contributed by atoms with Crippen LogP contribution >= 0.6 is 0 Å². The molecule has 0 saturated heterocycles. The third-order valence-electron chi connectivity index (χ3n) is 3.15. The second kappa shape index (κ2) is 8.18. The van der Waals surface area contributed by atoms with Crippen molar-refractivity contribution in [3.05, 3.63) is 30.1 Å². The Morgan fingerprint density at radius 1 is 1.29 bits per heavy atom. The summed E-state index contributed by atoms with van der Waals surface area (Å²) in [5, 5.41) is 9.20. The molecule has 1 saturated carbocycles. The Morgan fingerprint density at radius 2 is 1.95 bits per heavy atom. The molecule has 1 heterocycles. The van der Waals surface area contributed by atoms with E-state index in [1.165, 1.54) is 0 Å². The smallest absolute Gasteiger partial charge is 0.138 e. The van der Waals surface area contributed by atoms with Crippen molar-refractivity contribution >= 4 is 6.08 Å². The average molecular weight is 291 g/mol. The van der Waals surface area contributed by atoms with Crippen molar-refractivity contribution in [3.8, 4) is 5.75 Å². The first-order valence-corrected chi connectivity index (χ1v) is 7.90. The molecule has 1 aliphatic rings. The molecule has 2 rings (SSSR count). The van der Waals surface area contributed by atoms with Crippen LogP contribution in [-0.4, -0.2) is 22.3 Å². The van der Waals surface area contributed by atoms with E-state index in [4.69, 9.17) is 4.74 Å². The standard InChI is InChI=1S/C16H23NO2.C2H6/c1-16(2,3)8-4-5-12-6-7-14(11-17-12)19-15-9-13(18)10-15;1-2/h4-7,11,13,15,18H,8-10H2,1-3H3;1-2H3/b5-4+;. The van der Waals surface area contributed by atoms with Gasteiger partial charge in [0.2, 0.25) is 0 Å². The first-order chi connectivity index (χ1) is 9.92. The number of hydrogen-bond acceptors (Lipinski definition) is 3. The summed E-state index contributed by atoms with van der Waals surface area (Å²) in [7, 11) is 0. The zero-order valence-corrected chi connectivity index (χ0v) is 14.0. The highest BCUT2D eigenvalue weighted by molar-refractivity contribution is 5.45. The van der Waals surface area contributed by atoms with Crippen molar-refractivity contribution in [1.82, 2.24) is 4.98 Å². The van der Waals surface area contributed by atoms with Gasteiger partial charge in [-0.1, -0.05) is 40.7 Å². The van der Waals surface area contributed by atoms with Gasteiger partial charge in [-0.25, -0.2) is 0 Å². The van der Waals surface area contributed by atoms with Gasteiger partial charge in [-0.2, -0.15) is 0 Å². The Morgan fingerprint density at radius 3 is 2.43 bits per heavy atom. The molecule has 1 aromatic heterocycles. The maximum Gasteiger partial charge on any atom is 0.138 e. The molecule has 3 nitrogen and oxygen atoms in total. The normalized spacial score (nSPS) is 21.4. The number of aliphatic hydroxyl groups is 1. The van der Waals surface area contributed by atoms with E-state index in [0.29, 0.717) is 5.41 Å². The van der Waals surface area contributed by atoms with Crippen LogP contribution < -0.4 is 4.74 Å². The Balaban J connectivity index is 0.00000106. The molecule has 3 heteroatoms. The molecule has 1 aromatic rings.